The molecule has 0 radical (unpaired) electrons. The van der Waals surface area contributed by atoms with Crippen LogP contribution in [0.5, 0.6) is 0 Å². The van der Waals surface area contributed by atoms with E-state index in [0.29, 0.717) is 23.9 Å². The van der Waals surface area contributed by atoms with Crippen LogP contribution < -0.4 is 16.4 Å². The highest BCUT2D eigenvalue weighted by molar-refractivity contribution is 5.87. The Balaban J connectivity index is 1.48. The van der Waals surface area contributed by atoms with Crippen LogP contribution in [0.4, 0.5) is 6.01 Å². The number of nitrogens with two attached hydrogens (primary N) is 1. The zero-order chi connectivity index (χ0) is 18.4. The van der Waals surface area contributed by atoms with E-state index >= 15 is 0 Å². The molecule has 1 aliphatic rings. The molecule has 0 bridgehead atoms. The van der Waals surface area contributed by atoms with Crippen LogP contribution in [0.3, 0.4) is 0 Å². The highest BCUT2D eigenvalue weighted by Crippen LogP contribution is 2.27. The number of carbonyl (C=O) groups excluding carboxylic acids is 2. The number of fused-ring (bicyclic) bond motifs is 1. The van der Waals surface area contributed by atoms with E-state index in [1.807, 2.05) is 24.3 Å². The van der Waals surface area contributed by atoms with Gasteiger partial charge in [-0.2, -0.15) is 4.98 Å². The summed E-state index contributed by atoms with van der Waals surface area (Å²) < 4.78 is 5.54. The third kappa shape index (κ3) is 4.97. The molecule has 1 saturated carbocycles. The number of amides is 2. The minimum absolute atomic E-state index is 0.136. The second kappa shape index (κ2) is 8.69. The Morgan fingerprint density at radius 1 is 1.23 bits per heavy atom. The van der Waals surface area contributed by atoms with E-state index in [0.717, 1.165) is 11.9 Å². The van der Waals surface area contributed by atoms with Gasteiger partial charge in [-0.15, -0.1) is 0 Å². The molecule has 0 aliphatic heterocycles. The molecule has 2 amide bonds. The summed E-state index contributed by atoms with van der Waals surface area (Å²) in [5, 5.41) is 5.65. The number of benzene rings is 1. The quantitative estimate of drug-likeness (QED) is 0.672. The summed E-state index contributed by atoms with van der Waals surface area (Å²) in [7, 11) is 0. The van der Waals surface area contributed by atoms with Crippen LogP contribution in [-0.2, 0) is 9.59 Å². The van der Waals surface area contributed by atoms with Gasteiger partial charge >= 0.3 is 0 Å². The van der Waals surface area contributed by atoms with Crippen molar-refractivity contribution in [2.45, 2.75) is 51.0 Å². The lowest BCUT2D eigenvalue weighted by Gasteiger charge is -2.21. The average molecular weight is 358 g/mol. The number of hydrogen-bond acceptors (Lipinski definition) is 5. The molecule has 140 valence electrons. The lowest BCUT2D eigenvalue weighted by molar-refractivity contribution is -0.127. The number of nitrogens with zero attached hydrogens (tertiary/aromatic N) is 1. The van der Waals surface area contributed by atoms with Crippen molar-refractivity contribution in [2.24, 2.45) is 11.7 Å². The number of rotatable bonds is 8. The largest absolute Gasteiger partial charge is 0.424 e. The second-order valence-corrected chi connectivity index (χ2v) is 6.93. The first-order chi connectivity index (χ1) is 12.6. The number of carbonyl (C=O) groups is 2. The maximum absolute atomic E-state index is 12.2. The monoisotopic (exact) mass is 358 g/mol. The maximum atomic E-state index is 12.2. The van der Waals surface area contributed by atoms with Gasteiger partial charge in [0.2, 0.25) is 11.8 Å². The van der Waals surface area contributed by atoms with Crippen LogP contribution in [0, 0.1) is 5.92 Å². The summed E-state index contributed by atoms with van der Waals surface area (Å²) in [5.74, 6) is -0.0993. The van der Waals surface area contributed by atoms with Crippen molar-refractivity contribution in [3.63, 3.8) is 0 Å². The average Bonchev–Trinajstić information content (AvgIpc) is 3.07. The summed E-state index contributed by atoms with van der Waals surface area (Å²) in [5.41, 5.74) is 6.80. The normalized spacial score (nSPS) is 16.3. The molecule has 1 aliphatic carbocycles. The number of primary amides is 1. The maximum Gasteiger partial charge on any atom is 0.295 e. The Bertz CT molecular complexity index is 719. The third-order valence-corrected chi connectivity index (χ3v) is 4.93. The van der Waals surface area contributed by atoms with Crippen LogP contribution in [0.25, 0.3) is 11.1 Å². The van der Waals surface area contributed by atoms with Gasteiger partial charge in [0.15, 0.2) is 5.58 Å². The first kappa shape index (κ1) is 18.2. The van der Waals surface area contributed by atoms with Crippen LogP contribution in [0.15, 0.2) is 28.7 Å². The summed E-state index contributed by atoms with van der Waals surface area (Å²) >= 11 is 0. The standard InChI is InChI=1S/C19H26N4O3/c20-18(25)15(22-17(24)11-10-13-6-2-1-3-7-13)12-21-19-23-14-8-4-5-9-16(14)26-19/h4-5,8-9,13,15H,1-3,6-7,10-12H2,(H2,20,25)(H,21,23)(H,22,24). The van der Waals surface area contributed by atoms with Gasteiger partial charge in [-0.25, -0.2) is 0 Å². The van der Waals surface area contributed by atoms with Crippen molar-refractivity contribution < 1.29 is 14.0 Å². The summed E-state index contributed by atoms with van der Waals surface area (Å²) in [4.78, 5) is 28.1. The number of para-hydroxylation sites is 2. The first-order valence-corrected chi connectivity index (χ1v) is 9.30. The molecule has 1 heterocycles. The number of anilines is 1. The van der Waals surface area contributed by atoms with E-state index in [1.165, 1.54) is 32.1 Å². The van der Waals surface area contributed by atoms with Crippen LogP contribution in [0.2, 0.25) is 0 Å². The van der Waals surface area contributed by atoms with Gasteiger partial charge in [-0.1, -0.05) is 44.2 Å². The van der Waals surface area contributed by atoms with Gasteiger partial charge in [0.05, 0.1) is 0 Å². The molecule has 2 aromatic rings. The Morgan fingerprint density at radius 2 is 2.00 bits per heavy atom. The molecule has 4 N–H and O–H groups in total. The molecule has 1 aromatic heterocycles. The Hall–Kier alpha value is -2.57. The Morgan fingerprint density at radius 3 is 2.73 bits per heavy atom. The zero-order valence-corrected chi connectivity index (χ0v) is 14.9. The fraction of sp³-hybridized carbons (Fsp3) is 0.526. The number of oxazole rings is 1. The molecule has 0 spiro atoms. The van der Waals surface area contributed by atoms with Crippen LogP contribution in [0.1, 0.15) is 44.9 Å². The molecule has 1 fully saturated rings. The molecular formula is C19H26N4O3. The van der Waals surface area contributed by atoms with Gasteiger partial charge in [-0.3, -0.25) is 9.59 Å². The molecule has 1 atom stereocenters. The third-order valence-electron chi connectivity index (χ3n) is 4.93. The van der Waals surface area contributed by atoms with Crippen molar-refractivity contribution in [1.82, 2.24) is 10.3 Å². The minimum Gasteiger partial charge on any atom is -0.424 e. The number of hydrogen-bond donors (Lipinski definition) is 3. The lowest BCUT2D eigenvalue weighted by Crippen LogP contribution is -2.48. The molecule has 0 saturated heterocycles. The van der Waals surface area contributed by atoms with Crippen molar-refractivity contribution in [2.75, 3.05) is 11.9 Å². The van der Waals surface area contributed by atoms with Crippen molar-refractivity contribution in [1.29, 1.82) is 0 Å². The second-order valence-electron chi connectivity index (χ2n) is 6.93. The van der Waals surface area contributed by atoms with E-state index in [-0.39, 0.29) is 12.5 Å². The molecule has 1 unspecified atom stereocenters. The zero-order valence-electron chi connectivity index (χ0n) is 14.9. The fourth-order valence-electron chi connectivity index (χ4n) is 3.44. The van der Waals surface area contributed by atoms with Crippen LogP contribution >= 0.6 is 0 Å². The van der Waals surface area contributed by atoms with Gasteiger partial charge < -0.3 is 20.8 Å². The van der Waals surface area contributed by atoms with E-state index in [1.54, 1.807) is 0 Å². The van der Waals surface area contributed by atoms with Gasteiger partial charge in [0.1, 0.15) is 11.6 Å². The summed E-state index contributed by atoms with van der Waals surface area (Å²) in [6.45, 7) is 0.136. The van der Waals surface area contributed by atoms with Gasteiger partial charge in [0.25, 0.3) is 6.01 Å². The minimum atomic E-state index is -0.802. The first-order valence-electron chi connectivity index (χ1n) is 9.30. The predicted octanol–water partition coefficient (Wildman–Crippen LogP) is 2.57. The van der Waals surface area contributed by atoms with E-state index < -0.39 is 11.9 Å². The lowest BCUT2D eigenvalue weighted by atomic mass is 9.86. The topological polar surface area (TPSA) is 110 Å². The van der Waals surface area contributed by atoms with Crippen molar-refractivity contribution in [3.8, 4) is 0 Å². The number of aromatic nitrogens is 1. The Kier molecular flexibility index (Phi) is 6.09. The molecule has 26 heavy (non-hydrogen) atoms. The molecule has 7 nitrogen and oxygen atoms in total. The van der Waals surface area contributed by atoms with Crippen molar-refractivity contribution >= 4 is 28.9 Å². The number of nitrogens with one attached hydrogen (secondary N) is 2. The smallest absolute Gasteiger partial charge is 0.295 e. The summed E-state index contributed by atoms with van der Waals surface area (Å²) in [6, 6.07) is 6.87. The molecule has 3 rings (SSSR count). The van der Waals surface area contributed by atoms with Crippen molar-refractivity contribution in [3.05, 3.63) is 24.3 Å². The van der Waals surface area contributed by atoms with E-state index in [2.05, 4.69) is 15.6 Å². The Labute approximate surface area is 152 Å². The fourth-order valence-corrected chi connectivity index (χ4v) is 3.44. The molecular weight excluding hydrogens is 332 g/mol. The predicted molar refractivity (Wildman–Crippen MR) is 99.4 cm³/mol. The molecule has 7 heteroatoms. The summed E-state index contributed by atoms with van der Waals surface area (Å²) in [6.07, 6.45) is 7.51. The van der Waals surface area contributed by atoms with Crippen LogP contribution in [-0.4, -0.2) is 29.4 Å². The van der Waals surface area contributed by atoms with E-state index in [9.17, 15) is 9.59 Å². The molecule has 1 aromatic carbocycles. The van der Waals surface area contributed by atoms with Gasteiger partial charge in [0, 0.05) is 13.0 Å². The van der Waals surface area contributed by atoms with E-state index in [4.69, 9.17) is 10.2 Å². The SMILES string of the molecule is NC(=O)C(CNc1nc2ccccc2o1)NC(=O)CCC1CCCCC1. The highest BCUT2D eigenvalue weighted by Gasteiger charge is 2.20. The highest BCUT2D eigenvalue weighted by atomic mass is 16.4. The van der Waals surface area contributed by atoms with Gasteiger partial charge in [-0.05, 0) is 24.5 Å².